The van der Waals surface area contributed by atoms with E-state index in [1.54, 1.807) is 26.0 Å². The molecule has 1 heterocycles. The van der Waals surface area contributed by atoms with Crippen molar-refractivity contribution < 1.29 is 4.84 Å². The molecular weight excluding hydrogens is 372 g/mol. The van der Waals surface area contributed by atoms with E-state index in [1.807, 2.05) is 0 Å². The highest BCUT2D eigenvalue weighted by Crippen LogP contribution is 2.31. The molecule has 0 atom stereocenters. The molecule has 0 bridgehead atoms. The van der Waals surface area contributed by atoms with Gasteiger partial charge in [-0.2, -0.15) is 10.1 Å². The molecule has 1 aliphatic heterocycles. The first kappa shape index (κ1) is 19.1. The van der Waals surface area contributed by atoms with Gasteiger partial charge in [-0.3, -0.25) is 4.84 Å². The minimum Gasteiger partial charge on any atom is -0.368 e. The summed E-state index contributed by atoms with van der Waals surface area (Å²) in [6.45, 7) is 3.76. The minimum atomic E-state index is -0.768. The third-order valence-electron chi connectivity index (χ3n) is 2.73. The molecule has 122 valence electrons. The van der Waals surface area contributed by atoms with E-state index in [9.17, 15) is 0 Å². The molecule has 0 amide bonds. The predicted molar refractivity (Wildman–Crippen MR) is 92.7 cm³/mol. The van der Waals surface area contributed by atoms with Crippen LogP contribution in [0.4, 0.5) is 0 Å². The number of hydroxylamine groups is 2. The van der Waals surface area contributed by atoms with Crippen molar-refractivity contribution in [2.75, 3.05) is 0 Å². The first-order chi connectivity index (χ1) is 9.70. The average Bonchev–Trinajstić information content (AvgIpc) is 2.33. The van der Waals surface area contributed by atoms with Gasteiger partial charge in [0.05, 0.1) is 15.1 Å². The number of benzene rings is 1. The van der Waals surface area contributed by atoms with E-state index in [-0.39, 0.29) is 30.9 Å². The minimum absolute atomic E-state index is 0. The van der Waals surface area contributed by atoms with Crippen LogP contribution in [0.2, 0.25) is 15.1 Å². The second-order valence-electron chi connectivity index (χ2n) is 4.88. The first-order valence-electron chi connectivity index (χ1n) is 5.97. The van der Waals surface area contributed by atoms with Gasteiger partial charge < -0.3 is 11.5 Å². The van der Waals surface area contributed by atoms with E-state index in [0.717, 1.165) is 5.56 Å². The Bertz CT molecular complexity index is 609. The van der Waals surface area contributed by atoms with E-state index in [0.29, 0.717) is 15.1 Å². The average molecular weight is 387 g/mol. The van der Waals surface area contributed by atoms with Crippen LogP contribution in [0.3, 0.4) is 0 Å². The maximum absolute atomic E-state index is 5.97. The van der Waals surface area contributed by atoms with Crippen LogP contribution < -0.4 is 11.5 Å². The molecule has 0 radical (unpaired) electrons. The molecule has 0 aliphatic carbocycles. The van der Waals surface area contributed by atoms with Crippen molar-refractivity contribution in [3.8, 4) is 0 Å². The molecule has 10 heteroatoms. The van der Waals surface area contributed by atoms with Crippen molar-refractivity contribution in [1.82, 2.24) is 5.06 Å². The van der Waals surface area contributed by atoms with E-state index < -0.39 is 5.66 Å². The lowest BCUT2D eigenvalue weighted by Gasteiger charge is -2.36. The van der Waals surface area contributed by atoms with Gasteiger partial charge in [-0.25, -0.2) is 4.99 Å². The summed E-state index contributed by atoms with van der Waals surface area (Å²) in [5, 5.41) is 2.38. The summed E-state index contributed by atoms with van der Waals surface area (Å²) >= 11 is 17.8. The van der Waals surface area contributed by atoms with Gasteiger partial charge in [0, 0.05) is 0 Å². The number of nitrogens with zero attached hydrogens (tertiary/aromatic N) is 3. The molecule has 2 rings (SSSR count). The van der Waals surface area contributed by atoms with E-state index >= 15 is 0 Å². The molecule has 0 saturated carbocycles. The largest absolute Gasteiger partial charge is 0.368 e. The zero-order valence-corrected chi connectivity index (χ0v) is 14.9. The quantitative estimate of drug-likeness (QED) is 0.780. The molecule has 0 unspecified atom stereocenters. The Hall–Kier alpha value is -0.920. The third kappa shape index (κ3) is 4.08. The van der Waals surface area contributed by atoms with Gasteiger partial charge in [-0.05, 0) is 31.5 Å². The number of halogens is 4. The zero-order chi connectivity index (χ0) is 15.8. The number of aliphatic imine (C=N–C) groups is 2. The number of hydrogen-bond acceptors (Lipinski definition) is 6. The number of rotatable bonds is 3. The van der Waals surface area contributed by atoms with Gasteiger partial charge >= 0.3 is 0 Å². The summed E-state index contributed by atoms with van der Waals surface area (Å²) in [5.74, 6) is 0.230. The van der Waals surface area contributed by atoms with Crippen LogP contribution in [0, 0.1) is 0 Å². The smallest absolute Gasteiger partial charge is 0.226 e. The van der Waals surface area contributed by atoms with Crippen molar-refractivity contribution in [1.29, 1.82) is 0 Å². The third-order valence-corrected chi connectivity index (χ3v) is 3.92. The van der Waals surface area contributed by atoms with Crippen LogP contribution >= 0.6 is 47.2 Å². The maximum atomic E-state index is 5.97. The van der Waals surface area contributed by atoms with Gasteiger partial charge in [-0.1, -0.05) is 34.8 Å². The van der Waals surface area contributed by atoms with Crippen molar-refractivity contribution in [2.24, 2.45) is 21.5 Å². The van der Waals surface area contributed by atoms with Crippen molar-refractivity contribution in [3.05, 3.63) is 32.8 Å². The predicted octanol–water partition coefficient (Wildman–Crippen LogP) is 3.18. The van der Waals surface area contributed by atoms with E-state index in [1.165, 1.54) is 5.06 Å². The fourth-order valence-electron chi connectivity index (χ4n) is 1.85. The second-order valence-corrected chi connectivity index (χ2v) is 6.07. The van der Waals surface area contributed by atoms with Crippen LogP contribution in [0.5, 0.6) is 0 Å². The molecule has 4 N–H and O–H groups in total. The van der Waals surface area contributed by atoms with Crippen LogP contribution in [0.25, 0.3) is 0 Å². The summed E-state index contributed by atoms with van der Waals surface area (Å²) in [6, 6.07) is 3.33. The fourth-order valence-corrected chi connectivity index (χ4v) is 2.49. The molecule has 0 spiro atoms. The van der Waals surface area contributed by atoms with Crippen LogP contribution in [-0.4, -0.2) is 22.6 Å². The van der Waals surface area contributed by atoms with E-state index in [4.69, 9.17) is 51.1 Å². The Balaban J connectivity index is 0.00000242. The topological polar surface area (TPSA) is 89.2 Å². The summed E-state index contributed by atoms with van der Waals surface area (Å²) < 4.78 is 0. The molecule has 0 fully saturated rings. The van der Waals surface area contributed by atoms with Gasteiger partial charge in [0.1, 0.15) is 6.61 Å². The van der Waals surface area contributed by atoms with Gasteiger partial charge in [0.25, 0.3) is 0 Å². The van der Waals surface area contributed by atoms with E-state index in [2.05, 4.69) is 9.98 Å². The Labute approximate surface area is 149 Å². The van der Waals surface area contributed by atoms with Crippen molar-refractivity contribution in [3.63, 3.8) is 0 Å². The fraction of sp³-hybridized carbons (Fsp3) is 0.333. The zero-order valence-electron chi connectivity index (χ0n) is 11.8. The van der Waals surface area contributed by atoms with Gasteiger partial charge in [-0.15, -0.1) is 12.4 Å². The Morgan fingerprint density at radius 2 is 1.73 bits per heavy atom. The number of nitrogens with two attached hydrogens (primary N) is 2. The van der Waals surface area contributed by atoms with Crippen molar-refractivity contribution in [2.45, 2.75) is 26.1 Å². The molecule has 22 heavy (non-hydrogen) atoms. The maximum Gasteiger partial charge on any atom is 0.226 e. The van der Waals surface area contributed by atoms with Crippen molar-refractivity contribution >= 4 is 59.1 Å². The highest BCUT2D eigenvalue weighted by Gasteiger charge is 2.33. The van der Waals surface area contributed by atoms with Crippen LogP contribution in [-0.2, 0) is 11.4 Å². The molecule has 6 nitrogen and oxygen atoms in total. The SMILES string of the molecule is CC1(C)N=C(N)N=C(N)N1OCc1cc(Cl)c(Cl)c(Cl)c1.Cl. The second kappa shape index (κ2) is 7.10. The molecule has 1 aromatic carbocycles. The lowest BCUT2D eigenvalue weighted by molar-refractivity contribution is -0.166. The Morgan fingerprint density at radius 3 is 2.23 bits per heavy atom. The lowest BCUT2D eigenvalue weighted by atomic mass is 10.2. The molecule has 1 aliphatic rings. The first-order valence-corrected chi connectivity index (χ1v) is 7.10. The molecular formula is C12H15Cl4N5O. The van der Waals surface area contributed by atoms with Gasteiger partial charge in [0.15, 0.2) is 5.66 Å². The Kier molecular flexibility index (Phi) is 6.18. The Morgan fingerprint density at radius 1 is 1.18 bits per heavy atom. The molecule has 0 aromatic heterocycles. The normalized spacial score (nSPS) is 16.7. The molecule has 0 saturated heterocycles. The highest BCUT2D eigenvalue weighted by atomic mass is 35.5. The summed E-state index contributed by atoms with van der Waals surface area (Å²) in [7, 11) is 0. The van der Waals surface area contributed by atoms with Crippen LogP contribution in [0.15, 0.2) is 22.1 Å². The molecule has 1 aromatic rings. The standard InChI is InChI=1S/C12H14Cl3N5O.ClH/c1-12(2)19-10(16)18-11(17)20(12)21-5-6-3-7(13)9(15)8(14)4-6;/h3-4H,5H2,1-2H3,(H4,16,17,18,19);1H. The van der Waals surface area contributed by atoms with Crippen LogP contribution in [0.1, 0.15) is 19.4 Å². The lowest BCUT2D eigenvalue weighted by Crippen LogP contribution is -2.53. The number of guanidine groups is 2. The summed E-state index contributed by atoms with van der Waals surface area (Å²) in [5.41, 5.74) is 11.4. The highest BCUT2D eigenvalue weighted by molar-refractivity contribution is 6.48. The van der Waals surface area contributed by atoms with Gasteiger partial charge in [0.2, 0.25) is 11.9 Å². The number of hydrogen-bond donors (Lipinski definition) is 2. The summed E-state index contributed by atoms with van der Waals surface area (Å²) in [6.07, 6.45) is 0. The monoisotopic (exact) mass is 385 g/mol. The summed E-state index contributed by atoms with van der Waals surface area (Å²) in [4.78, 5) is 13.7.